The second kappa shape index (κ2) is 9.09. The van der Waals surface area contributed by atoms with E-state index in [0.29, 0.717) is 11.7 Å². The van der Waals surface area contributed by atoms with Gasteiger partial charge in [0, 0.05) is 6.42 Å². The number of sulfone groups is 1. The van der Waals surface area contributed by atoms with Gasteiger partial charge in [-0.25, -0.2) is 13.4 Å². The number of thiazole rings is 1. The third kappa shape index (κ3) is 4.99. The van der Waals surface area contributed by atoms with Gasteiger partial charge in [0.25, 0.3) is 0 Å². The number of hydrogen-bond acceptors (Lipinski definition) is 5. The van der Waals surface area contributed by atoms with Crippen LogP contribution in [0.3, 0.4) is 0 Å². The summed E-state index contributed by atoms with van der Waals surface area (Å²) in [5.74, 6) is -0.288. The highest BCUT2D eigenvalue weighted by Crippen LogP contribution is 2.33. The summed E-state index contributed by atoms with van der Waals surface area (Å²) in [6.45, 7) is 4.45. The molecular weight excluding hydrogens is 428 g/mol. The van der Waals surface area contributed by atoms with Crippen molar-refractivity contribution >= 4 is 42.4 Å². The molecule has 0 radical (unpaired) electrons. The summed E-state index contributed by atoms with van der Waals surface area (Å²) in [4.78, 5) is 19.7. The second-order valence-corrected chi connectivity index (χ2v) is 11.8. The molecule has 1 amide bonds. The van der Waals surface area contributed by atoms with Gasteiger partial charge in [0.15, 0.2) is 15.0 Å². The molecule has 0 saturated heterocycles. The van der Waals surface area contributed by atoms with Gasteiger partial charge in [0.2, 0.25) is 5.91 Å². The smallest absolute Gasteiger partial charge is 0.230 e. The van der Waals surface area contributed by atoms with Crippen molar-refractivity contribution < 1.29 is 13.2 Å². The van der Waals surface area contributed by atoms with E-state index >= 15 is 0 Å². The molecule has 0 unspecified atom stereocenters. The molecular formula is C24H28N2O3S2. The molecule has 3 aromatic rings. The average molecular weight is 457 g/mol. The Hall–Kier alpha value is -2.25. The maximum Gasteiger partial charge on any atom is 0.230 e. The molecule has 2 aromatic carbocycles. The Balaban J connectivity index is 1.61. The van der Waals surface area contributed by atoms with Crippen LogP contribution in [0, 0.1) is 13.8 Å². The molecule has 0 atom stereocenters. The summed E-state index contributed by atoms with van der Waals surface area (Å²) < 4.78 is 26.4. The van der Waals surface area contributed by atoms with Crippen LogP contribution in [0.4, 0.5) is 5.13 Å². The predicted molar refractivity (Wildman–Crippen MR) is 127 cm³/mol. The van der Waals surface area contributed by atoms with Crippen LogP contribution in [0.15, 0.2) is 42.5 Å². The average Bonchev–Trinajstić information content (AvgIpc) is 3.42. The first kappa shape index (κ1) is 22.0. The number of nitrogens with zero attached hydrogens (tertiary/aromatic N) is 2. The van der Waals surface area contributed by atoms with Crippen LogP contribution < -0.4 is 4.90 Å². The van der Waals surface area contributed by atoms with Crippen molar-refractivity contribution in [2.24, 2.45) is 0 Å². The van der Waals surface area contributed by atoms with Crippen LogP contribution in [0.5, 0.6) is 0 Å². The summed E-state index contributed by atoms with van der Waals surface area (Å²) in [6.07, 6.45) is 3.35. The van der Waals surface area contributed by atoms with Crippen molar-refractivity contribution in [3.63, 3.8) is 0 Å². The van der Waals surface area contributed by atoms with Gasteiger partial charge in [-0.05, 0) is 49.4 Å². The summed E-state index contributed by atoms with van der Waals surface area (Å²) >= 11 is 1.48. The Morgan fingerprint density at radius 3 is 2.55 bits per heavy atom. The summed E-state index contributed by atoms with van der Waals surface area (Å²) in [6, 6.07) is 13.9. The van der Waals surface area contributed by atoms with Gasteiger partial charge < -0.3 is 0 Å². The van der Waals surface area contributed by atoms with Gasteiger partial charge in [-0.15, -0.1) is 0 Å². The number of rotatable bonds is 7. The van der Waals surface area contributed by atoms with E-state index in [1.54, 1.807) is 4.90 Å². The SMILES string of the molecule is Cc1cc(C)c2nc(N(Cc3ccccc3)C(=O)CCS(=O)(=O)C3CCCC3)sc2c1. The van der Waals surface area contributed by atoms with E-state index in [0.717, 1.165) is 52.6 Å². The fourth-order valence-corrected chi connectivity index (χ4v) is 7.28. The summed E-state index contributed by atoms with van der Waals surface area (Å²) in [5.41, 5.74) is 4.12. The molecule has 0 aliphatic heterocycles. The van der Waals surface area contributed by atoms with Gasteiger partial charge in [0.1, 0.15) is 0 Å². The molecule has 7 heteroatoms. The lowest BCUT2D eigenvalue weighted by molar-refractivity contribution is -0.118. The van der Waals surface area contributed by atoms with E-state index < -0.39 is 9.84 Å². The van der Waals surface area contributed by atoms with Crippen LogP contribution in [0.25, 0.3) is 10.2 Å². The van der Waals surface area contributed by atoms with Crippen molar-refractivity contribution in [2.75, 3.05) is 10.7 Å². The molecule has 1 heterocycles. The van der Waals surface area contributed by atoms with Gasteiger partial charge in [0.05, 0.1) is 27.8 Å². The lowest BCUT2D eigenvalue weighted by atomic mass is 10.1. The zero-order valence-corrected chi connectivity index (χ0v) is 19.6. The van der Waals surface area contributed by atoms with Crippen molar-refractivity contribution in [1.82, 2.24) is 4.98 Å². The number of carbonyl (C=O) groups excluding carboxylic acids is 1. The summed E-state index contributed by atoms with van der Waals surface area (Å²) in [7, 11) is -3.25. The van der Waals surface area contributed by atoms with E-state index in [2.05, 4.69) is 12.1 Å². The van der Waals surface area contributed by atoms with E-state index in [1.165, 1.54) is 11.3 Å². The first-order valence-corrected chi connectivity index (χ1v) is 13.3. The van der Waals surface area contributed by atoms with Gasteiger partial charge in [-0.2, -0.15) is 0 Å². The number of fused-ring (bicyclic) bond motifs is 1. The van der Waals surface area contributed by atoms with Gasteiger partial charge in [-0.3, -0.25) is 9.69 Å². The highest BCUT2D eigenvalue weighted by molar-refractivity contribution is 7.92. The Morgan fingerprint density at radius 1 is 1.13 bits per heavy atom. The van der Waals surface area contributed by atoms with Gasteiger partial charge in [-0.1, -0.05) is 60.6 Å². The Kier molecular flexibility index (Phi) is 6.44. The molecule has 164 valence electrons. The number of anilines is 1. The van der Waals surface area contributed by atoms with Crippen LogP contribution in [0.1, 0.15) is 48.8 Å². The highest BCUT2D eigenvalue weighted by atomic mass is 32.2. The molecule has 1 fully saturated rings. The van der Waals surface area contributed by atoms with E-state index in [4.69, 9.17) is 4.98 Å². The fourth-order valence-electron chi connectivity index (χ4n) is 4.28. The molecule has 0 N–H and O–H groups in total. The summed E-state index contributed by atoms with van der Waals surface area (Å²) in [5, 5.41) is 0.340. The molecule has 4 rings (SSSR count). The topological polar surface area (TPSA) is 67.3 Å². The third-order valence-electron chi connectivity index (χ3n) is 5.94. The lowest BCUT2D eigenvalue weighted by Crippen LogP contribution is -2.33. The maximum absolute atomic E-state index is 13.3. The van der Waals surface area contributed by atoms with Crippen LogP contribution in [-0.2, 0) is 21.2 Å². The number of carbonyl (C=O) groups is 1. The monoisotopic (exact) mass is 456 g/mol. The first-order chi connectivity index (χ1) is 14.8. The molecule has 0 spiro atoms. The number of amides is 1. The standard InChI is InChI=1S/C24H28N2O3S2/c1-17-14-18(2)23-21(15-17)30-24(25-23)26(16-19-8-4-3-5-9-19)22(27)12-13-31(28,29)20-10-6-7-11-20/h3-5,8-9,14-15,20H,6-7,10-13,16H2,1-2H3. The lowest BCUT2D eigenvalue weighted by Gasteiger charge is -2.20. The minimum atomic E-state index is -3.25. The van der Waals surface area contributed by atoms with Crippen LogP contribution in [-0.4, -0.2) is 30.3 Å². The van der Waals surface area contributed by atoms with E-state index in [9.17, 15) is 13.2 Å². The zero-order chi connectivity index (χ0) is 22.0. The van der Waals surface area contributed by atoms with Crippen molar-refractivity contribution in [1.29, 1.82) is 0 Å². The van der Waals surface area contributed by atoms with Crippen molar-refractivity contribution in [3.8, 4) is 0 Å². The largest absolute Gasteiger partial charge is 0.284 e. The third-order valence-corrected chi connectivity index (χ3v) is 9.23. The Labute approximate surface area is 188 Å². The van der Waals surface area contributed by atoms with Crippen molar-refractivity contribution in [3.05, 3.63) is 59.2 Å². The molecule has 31 heavy (non-hydrogen) atoms. The van der Waals surface area contributed by atoms with Crippen molar-refractivity contribution in [2.45, 2.75) is 57.7 Å². The molecule has 0 bridgehead atoms. The van der Waals surface area contributed by atoms with Gasteiger partial charge >= 0.3 is 0 Å². The zero-order valence-electron chi connectivity index (χ0n) is 18.0. The molecule has 5 nitrogen and oxygen atoms in total. The molecule has 1 aliphatic carbocycles. The van der Waals surface area contributed by atoms with Crippen LogP contribution in [0.2, 0.25) is 0 Å². The minimum absolute atomic E-state index is 0.0143. The van der Waals surface area contributed by atoms with E-state index in [-0.39, 0.29) is 23.3 Å². The number of hydrogen-bond donors (Lipinski definition) is 0. The molecule has 1 aromatic heterocycles. The minimum Gasteiger partial charge on any atom is -0.284 e. The fraction of sp³-hybridized carbons (Fsp3) is 0.417. The number of aromatic nitrogens is 1. The second-order valence-electron chi connectivity index (χ2n) is 8.41. The maximum atomic E-state index is 13.3. The van der Waals surface area contributed by atoms with Crippen LogP contribution >= 0.6 is 11.3 Å². The molecule has 1 aliphatic rings. The normalized spacial score (nSPS) is 14.9. The first-order valence-electron chi connectivity index (χ1n) is 10.8. The predicted octanol–water partition coefficient (Wildman–Crippen LogP) is 5.19. The highest BCUT2D eigenvalue weighted by Gasteiger charge is 2.30. The Morgan fingerprint density at radius 2 is 1.84 bits per heavy atom. The molecule has 1 saturated carbocycles. The number of benzene rings is 2. The number of aryl methyl sites for hydroxylation is 2. The van der Waals surface area contributed by atoms with E-state index in [1.807, 2.05) is 44.2 Å². The Bertz CT molecular complexity index is 1180. The quantitative estimate of drug-likeness (QED) is 0.490.